The van der Waals surface area contributed by atoms with Gasteiger partial charge < -0.3 is 31.1 Å². The predicted molar refractivity (Wildman–Crippen MR) is 254 cm³/mol. The molecule has 4 saturated carbocycles. The maximum absolute atomic E-state index is 15.2. The number of nitrogens with two attached hydrogens (primary N) is 1. The van der Waals surface area contributed by atoms with Gasteiger partial charge in [0.15, 0.2) is 5.78 Å². The maximum Gasteiger partial charge on any atom is 0.159 e. The Bertz CT molecular complexity index is 2200. The molecule has 0 aromatic heterocycles. The molecule has 15 atom stereocenters. The first-order valence-electron chi connectivity index (χ1n) is 25.4. The number of hydrogen-bond donors (Lipinski definition) is 5. The normalized spacial score (nSPS) is 43.1. The number of fused-ring (bicyclic) bond motifs is 4. The third-order valence-electron chi connectivity index (χ3n) is 19.6. The van der Waals surface area contributed by atoms with Gasteiger partial charge in [-0.15, -0.1) is 0 Å². The summed E-state index contributed by atoms with van der Waals surface area (Å²) in [6.07, 6.45) is 10.8. The van der Waals surface area contributed by atoms with Crippen molar-refractivity contribution in [2.45, 2.75) is 193 Å². The number of rotatable bonds is 9. The first-order valence-corrected chi connectivity index (χ1v) is 25.4. The summed E-state index contributed by atoms with van der Waals surface area (Å²) in [6.45, 7) is 20.8. The van der Waals surface area contributed by atoms with E-state index < -0.39 is 22.7 Å². The van der Waals surface area contributed by atoms with Crippen molar-refractivity contribution >= 4 is 17.3 Å². The molecule has 0 bridgehead atoms. The summed E-state index contributed by atoms with van der Waals surface area (Å²) in [5.74, 6) is 1.75. The number of Topliss-reactive ketones (excluding diaryl/α,β-unsaturated/α-hetero) is 2. The number of carbonyl (C=O) groups is 2. The van der Waals surface area contributed by atoms with E-state index in [4.69, 9.17) is 10.5 Å². The highest BCUT2D eigenvalue weighted by atomic mass is 16.6. The summed E-state index contributed by atoms with van der Waals surface area (Å²) in [7, 11) is 0. The Morgan fingerprint density at radius 2 is 1.66 bits per heavy atom. The molecule has 0 spiro atoms. The average Bonchev–Trinajstić information content (AvgIpc) is 3.50. The van der Waals surface area contributed by atoms with Crippen LogP contribution in [0.1, 0.15) is 174 Å². The minimum Gasteiger partial charge on any atom is -0.508 e. The second-order valence-electron chi connectivity index (χ2n) is 24.5. The van der Waals surface area contributed by atoms with Crippen LogP contribution >= 0.6 is 0 Å². The molecule has 15 unspecified atom stereocenters. The summed E-state index contributed by atoms with van der Waals surface area (Å²) < 4.78 is 6.60. The van der Waals surface area contributed by atoms with Crippen molar-refractivity contribution in [2.75, 3.05) is 12.3 Å². The molecule has 2 aromatic rings. The fourth-order valence-electron chi connectivity index (χ4n) is 16.8. The number of aliphatic hydroxyl groups excluding tert-OH is 1. The lowest BCUT2D eigenvalue weighted by Gasteiger charge is -2.71. The van der Waals surface area contributed by atoms with Crippen LogP contribution in [0.25, 0.3) is 0 Å². The van der Waals surface area contributed by atoms with Crippen LogP contribution in [-0.2, 0) is 20.7 Å². The highest BCUT2D eigenvalue weighted by molar-refractivity contribution is 6.00. The molecule has 2 aromatic carbocycles. The largest absolute Gasteiger partial charge is 0.508 e. The number of benzene rings is 2. The molecular weight excluding hydrogens is 797 g/mol. The number of β-amino-alcohol motifs (C(OH)–C–C–N with tert-alkyl or cyclic N) is 1. The summed E-state index contributed by atoms with van der Waals surface area (Å²) >= 11 is 0. The van der Waals surface area contributed by atoms with E-state index in [1.165, 1.54) is 16.7 Å². The number of ether oxygens (including phenoxy) is 1. The number of nitrogens with one attached hydrogen (secondary N) is 1. The topological polar surface area (TPSA) is 145 Å². The minimum atomic E-state index is -0.856. The van der Waals surface area contributed by atoms with E-state index in [1.807, 2.05) is 19.1 Å². The molecular formula is C56H80N2O6. The highest BCUT2D eigenvalue weighted by Gasteiger charge is 2.72. The Labute approximate surface area is 384 Å². The molecule has 2 aliphatic heterocycles. The number of hydrogen-bond acceptors (Lipinski definition) is 8. The molecule has 9 rings (SSSR count). The van der Waals surface area contributed by atoms with Gasteiger partial charge >= 0.3 is 0 Å². The number of ketones is 2. The number of carbonyl (C=O) groups excluding carboxylic acids is 2. The molecule has 0 amide bonds. The van der Waals surface area contributed by atoms with Gasteiger partial charge in [-0.25, -0.2) is 0 Å². The van der Waals surface area contributed by atoms with Crippen LogP contribution in [0.3, 0.4) is 0 Å². The van der Waals surface area contributed by atoms with Gasteiger partial charge in [0.05, 0.1) is 17.3 Å². The lowest BCUT2D eigenvalue weighted by atomic mass is 9.34. The Kier molecular flexibility index (Phi) is 11.6. The second kappa shape index (κ2) is 16.0. The highest BCUT2D eigenvalue weighted by Crippen LogP contribution is 2.75. The zero-order valence-corrected chi connectivity index (χ0v) is 40.6. The van der Waals surface area contributed by atoms with Crippen molar-refractivity contribution in [1.82, 2.24) is 5.32 Å². The predicted octanol–water partition coefficient (Wildman–Crippen LogP) is 10.4. The molecule has 6 N–H and O–H groups in total. The van der Waals surface area contributed by atoms with Crippen molar-refractivity contribution in [1.29, 1.82) is 0 Å². The summed E-state index contributed by atoms with van der Waals surface area (Å²) in [4.78, 5) is 29.9. The third-order valence-corrected chi connectivity index (χ3v) is 19.6. The molecule has 8 heteroatoms. The van der Waals surface area contributed by atoms with E-state index in [-0.39, 0.29) is 69.4 Å². The first-order chi connectivity index (χ1) is 30.0. The van der Waals surface area contributed by atoms with Crippen LogP contribution in [0.4, 0.5) is 5.69 Å². The van der Waals surface area contributed by atoms with Crippen LogP contribution in [-0.4, -0.2) is 62.9 Å². The van der Waals surface area contributed by atoms with Gasteiger partial charge in [0.2, 0.25) is 0 Å². The molecule has 5 aliphatic carbocycles. The lowest BCUT2D eigenvalue weighted by molar-refractivity contribution is -0.198. The van der Waals surface area contributed by atoms with E-state index in [0.717, 1.165) is 81.0 Å². The minimum absolute atomic E-state index is 0.0253. The SMILES string of the molecule is CC(C)Cc1cc(N)cc(C2CCCC2C2(C)OC2C(O)CC(C)C2=C3CCC4C5(C)CC(c6cccc(O)c6)C(=O)C6(C)CCCCC(C)(O)CNC(CC4(C)C3(C)CC2=O)C65)c1. The van der Waals surface area contributed by atoms with E-state index >= 15 is 4.79 Å². The number of aromatic hydroxyl groups is 1. The number of epoxide rings is 1. The van der Waals surface area contributed by atoms with Gasteiger partial charge in [0, 0.05) is 41.4 Å². The van der Waals surface area contributed by atoms with E-state index in [2.05, 4.69) is 78.9 Å². The maximum atomic E-state index is 15.2. The lowest BCUT2D eigenvalue weighted by Crippen LogP contribution is -2.70. The van der Waals surface area contributed by atoms with Crippen LogP contribution in [0.5, 0.6) is 5.75 Å². The molecule has 350 valence electrons. The quantitative estimate of drug-likeness (QED) is 0.124. The van der Waals surface area contributed by atoms with Crippen molar-refractivity contribution in [3.63, 3.8) is 0 Å². The summed E-state index contributed by atoms with van der Waals surface area (Å²) in [5, 5.41) is 38.3. The third kappa shape index (κ3) is 7.37. The fraction of sp³-hybridized carbons (Fsp3) is 0.714. The van der Waals surface area contributed by atoms with Gasteiger partial charge in [-0.05, 0) is 171 Å². The van der Waals surface area contributed by atoms with Crippen molar-refractivity contribution < 1.29 is 29.6 Å². The summed E-state index contributed by atoms with van der Waals surface area (Å²) in [6, 6.07) is 14.0. The molecule has 7 aliphatic rings. The monoisotopic (exact) mass is 877 g/mol. The zero-order valence-electron chi connectivity index (χ0n) is 40.6. The van der Waals surface area contributed by atoms with Crippen molar-refractivity contribution in [3.05, 3.63) is 70.3 Å². The van der Waals surface area contributed by atoms with Gasteiger partial charge in [-0.1, -0.05) is 91.5 Å². The average molecular weight is 877 g/mol. The van der Waals surface area contributed by atoms with E-state index in [9.17, 15) is 20.1 Å². The first kappa shape index (κ1) is 46.1. The van der Waals surface area contributed by atoms with E-state index in [0.29, 0.717) is 50.0 Å². The Hall–Kier alpha value is -3.04. The smallest absolute Gasteiger partial charge is 0.159 e. The number of nitrogen functional groups attached to an aromatic ring is 1. The molecule has 8 nitrogen and oxygen atoms in total. The van der Waals surface area contributed by atoms with E-state index in [1.54, 1.807) is 12.1 Å². The van der Waals surface area contributed by atoms with Crippen LogP contribution in [0.15, 0.2) is 53.6 Å². The molecule has 64 heavy (non-hydrogen) atoms. The molecule has 0 radical (unpaired) electrons. The van der Waals surface area contributed by atoms with Crippen LogP contribution in [0, 0.1) is 51.2 Å². The van der Waals surface area contributed by atoms with Crippen LogP contribution in [0.2, 0.25) is 0 Å². The molecule has 2 saturated heterocycles. The fourth-order valence-corrected chi connectivity index (χ4v) is 16.8. The van der Waals surface area contributed by atoms with Gasteiger partial charge in [0.25, 0.3) is 0 Å². The van der Waals surface area contributed by atoms with Crippen molar-refractivity contribution in [2.24, 2.45) is 51.2 Å². The van der Waals surface area contributed by atoms with Crippen LogP contribution < -0.4 is 11.1 Å². The standard InChI is InChI=1S/C56H80N2O6/c1-32(2)22-34-24-36(26-37(57)25-34)39-16-13-17-41(39)56(9)50(64-56)44(60)23-33(3)47-42-18-19-46-53(6)28-40(35-14-12-15-38(59)27-35)49(62)52(5)21-11-10-20-51(4,63)31-58-43(48(52)53)29-55(46,8)54(42,7)30-45(47)61/h12,14-15,24-27,32-33,39-41,43-44,46,48,50,58-60,63H,10-11,13,16-23,28-31,57H2,1-9H3. The number of phenolic OH excluding ortho intramolecular Hbond substituents is 1. The van der Waals surface area contributed by atoms with Gasteiger partial charge in [-0.3, -0.25) is 9.59 Å². The summed E-state index contributed by atoms with van der Waals surface area (Å²) in [5.41, 5.74) is 10.2. The number of phenols is 1. The number of anilines is 1. The number of allylic oxidation sites excluding steroid dienone is 2. The Balaban J connectivity index is 1.01. The van der Waals surface area contributed by atoms with Crippen molar-refractivity contribution in [3.8, 4) is 5.75 Å². The molecule has 6 fully saturated rings. The number of aliphatic hydroxyl groups is 2. The Morgan fingerprint density at radius 1 is 0.906 bits per heavy atom. The van der Waals surface area contributed by atoms with Gasteiger partial charge in [-0.2, -0.15) is 0 Å². The molecule has 2 heterocycles. The Morgan fingerprint density at radius 3 is 2.39 bits per heavy atom. The second-order valence-corrected chi connectivity index (χ2v) is 24.5. The zero-order chi connectivity index (χ0) is 45.9. The van der Waals surface area contributed by atoms with Gasteiger partial charge in [0.1, 0.15) is 17.6 Å².